The molecule has 0 radical (unpaired) electrons. The second kappa shape index (κ2) is 9.84. The topological polar surface area (TPSA) is 60.7 Å². The second-order valence-corrected chi connectivity index (χ2v) is 7.89. The molecule has 4 rings (SSSR count). The fourth-order valence-corrected chi connectivity index (χ4v) is 3.92. The number of allylic oxidation sites excluding steroid dienone is 1. The summed E-state index contributed by atoms with van der Waals surface area (Å²) in [6.07, 6.45) is 3.26. The highest BCUT2D eigenvalue weighted by molar-refractivity contribution is 6.31. The number of rotatable bonds is 7. The number of furan rings is 1. The Morgan fingerprint density at radius 2 is 1.88 bits per heavy atom. The van der Waals surface area contributed by atoms with Crippen LogP contribution in [0, 0.1) is 0 Å². The lowest BCUT2D eigenvalue weighted by Crippen LogP contribution is -2.08. The zero-order valence-corrected chi connectivity index (χ0v) is 19.4. The Hall–Kier alpha value is -3.70. The molecule has 0 aliphatic rings. The quantitative estimate of drug-likeness (QED) is 0.295. The Bertz CT molecular complexity index is 1340. The number of ether oxygens (including phenoxy) is 2. The molecule has 5 nitrogen and oxygen atoms in total. The van der Waals surface area contributed by atoms with E-state index in [-0.39, 0.29) is 5.91 Å². The molecule has 0 saturated carbocycles. The maximum atomic E-state index is 12.7. The Kier molecular flexibility index (Phi) is 6.71. The van der Waals surface area contributed by atoms with E-state index in [9.17, 15) is 4.79 Å². The molecule has 168 valence electrons. The van der Waals surface area contributed by atoms with Crippen LogP contribution in [0.1, 0.15) is 19.4 Å². The molecule has 3 aromatic carbocycles. The molecule has 0 atom stereocenters. The summed E-state index contributed by atoms with van der Waals surface area (Å²) in [6.45, 7) is 4.28. The molecule has 33 heavy (non-hydrogen) atoms. The predicted octanol–water partition coefficient (Wildman–Crippen LogP) is 7.20. The standard InChI is InChI=1S/C27H24ClNO4/c1-4-32-25-15-26-22(23(16-33-26)20-10-5-6-11-24(20)31-3)14-21(25)17(2)12-27(30)29-19-9-7-8-18(28)13-19/h5-16H,4H2,1-3H3,(H,29,30)/b17-12+. The monoisotopic (exact) mass is 461 g/mol. The molecule has 4 aromatic rings. The van der Waals surface area contributed by atoms with Crippen molar-refractivity contribution in [3.05, 3.63) is 83.6 Å². The summed E-state index contributed by atoms with van der Waals surface area (Å²) in [5, 5.41) is 4.30. The molecular weight excluding hydrogens is 438 g/mol. The van der Waals surface area contributed by atoms with E-state index in [0.29, 0.717) is 28.6 Å². The highest BCUT2D eigenvalue weighted by atomic mass is 35.5. The number of hydrogen-bond donors (Lipinski definition) is 1. The maximum absolute atomic E-state index is 12.7. The first-order chi connectivity index (χ1) is 16.0. The Balaban J connectivity index is 1.75. The molecule has 1 amide bonds. The molecule has 0 fully saturated rings. The van der Waals surface area contributed by atoms with Crippen molar-refractivity contribution in [1.29, 1.82) is 0 Å². The van der Waals surface area contributed by atoms with Crippen molar-refractivity contribution in [2.24, 2.45) is 0 Å². The summed E-state index contributed by atoms with van der Waals surface area (Å²) in [4.78, 5) is 12.7. The van der Waals surface area contributed by atoms with Crippen LogP contribution in [0.4, 0.5) is 5.69 Å². The molecular formula is C27H24ClNO4. The van der Waals surface area contributed by atoms with Gasteiger partial charge in [-0.3, -0.25) is 4.79 Å². The number of amides is 1. The SMILES string of the molecule is CCOc1cc2occ(-c3ccccc3OC)c2cc1/C(C)=C/C(=O)Nc1cccc(Cl)c1. The summed E-state index contributed by atoms with van der Waals surface area (Å²) in [6, 6.07) is 18.7. The summed E-state index contributed by atoms with van der Waals surface area (Å²) in [5.74, 6) is 1.15. The smallest absolute Gasteiger partial charge is 0.248 e. The van der Waals surface area contributed by atoms with Crippen molar-refractivity contribution in [3.63, 3.8) is 0 Å². The van der Waals surface area contributed by atoms with Crippen LogP contribution < -0.4 is 14.8 Å². The van der Waals surface area contributed by atoms with Crippen LogP contribution in [-0.4, -0.2) is 19.6 Å². The summed E-state index contributed by atoms with van der Waals surface area (Å²) in [7, 11) is 1.64. The van der Waals surface area contributed by atoms with Crippen molar-refractivity contribution in [2.75, 3.05) is 19.0 Å². The number of halogens is 1. The highest BCUT2D eigenvalue weighted by Gasteiger charge is 2.17. The van der Waals surface area contributed by atoms with Crippen molar-refractivity contribution >= 4 is 39.7 Å². The van der Waals surface area contributed by atoms with Crippen molar-refractivity contribution in [3.8, 4) is 22.6 Å². The number of hydrogen-bond acceptors (Lipinski definition) is 4. The van der Waals surface area contributed by atoms with Gasteiger partial charge in [-0.1, -0.05) is 35.9 Å². The van der Waals surface area contributed by atoms with Gasteiger partial charge in [0.2, 0.25) is 5.91 Å². The van der Waals surface area contributed by atoms with Gasteiger partial charge in [-0.05, 0) is 49.8 Å². The first kappa shape index (κ1) is 22.5. The third-order valence-corrected chi connectivity index (χ3v) is 5.47. The maximum Gasteiger partial charge on any atom is 0.248 e. The lowest BCUT2D eigenvalue weighted by atomic mass is 9.98. The lowest BCUT2D eigenvalue weighted by Gasteiger charge is -2.12. The van der Waals surface area contributed by atoms with Gasteiger partial charge in [0.25, 0.3) is 0 Å². The molecule has 6 heteroatoms. The Morgan fingerprint density at radius 3 is 2.64 bits per heavy atom. The Morgan fingerprint density at radius 1 is 1.06 bits per heavy atom. The molecule has 0 bridgehead atoms. The van der Waals surface area contributed by atoms with Gasteiger partial charge in [-0.2, -0.15) is 0 Å². The number of fused-ring (bicyclic) bond motifs is 1. The van der Waals surface area contributed by atoms with E-state index in [1.54, 1.807) is 43.7 Å². The number of carbonyl (C=O) groups excluding carboxylic acids is 1. The molecule has 1 heterocycles. The fraction of sp³-hybridized carbons (Fsp3) is 0.148. The minimum Gasteiger partial charge on any atom is -0.496 e. The molecule has 0 aliphatic heterocycles. The molecule has 0 saturated heterocycles. The minimum absolute atomic E-state index is 0.255. The predicted molar refractivity (Wildman–Crippen MR) is 133 cm³/mol. The van der Waals surface area contributed by atoms with E-state index < -0.39 is 0 Å². The number of methoxy groups -OCH3 is 1. The zero-order chi connectivity index (χ0) is 23.4. The van der Waals surface area contributed by atoms with Gasteiger partial charge in [-0.25, -0.2) is 0 Å². The van der Waals surface area contributed by atoms with Gasteiger partial charge in [-0.15, -0.1) is 0 Å². The number of nitrogens with one attached hydrogen (secondary N) is 1. The van der Waals surface area contributed by atoms with E-state index in [4.69, 9.17) is 25.5 Å². The van der Waals surface area contributed by atoms with Crippen molar-refractivity contribution in [2.45, 2.75) is 13.8 Å². The van der Waals surface area contributed by atoms with Crippen LogP contribution in [-0.2, 0) is 4.79 Å². The van der Waals surface area contributed by atoms with Crippen LogP contribution in [0.15, 0.2) is 77.4 Å². The van der Waals surface area contributed by atoms with Gasteiger partial charge in [0.15, 0.2) is 0 Å². The number of benzene rings is 3. The van der Waals surface area contributed by atoms with Gasteiger partial charge in [0, 0.05) is 44.9 Å². The number of para-hydroxylation sites is 1. The van der Waals surface area contributed by atoms with Crippen LogP contribution >= 0.6 is 11.6 Å². The summed E-state index contributed by atoms with van der Waals surface area (Å²) >= 11 is 6.02. The number of carbonyl (C=O) groups is 1. The largest absolute Gasteiger partial charge is 0.496 e. The Labute approximate surface area is 197 Å². The molecule has 1 N–H and O–H groups in total. The van der Waals surface area contributed by atoms with Gasteiger partial charge in [0.1, 0.15) is 17.1 Å². The van der Waals surface area contributed by atoms with E-state index >= 15 is 0 Å². The summed E-state index contributed by atoms with van der Waals surface area (Å²) < 4.78 is 17.3. The fourth-order valence-electron chi connectivity index (χ4n) is 3.73. The van der Waals surface area contributed by atoms with E-state index in [1.807, 2.05) is 50.2 Å². The van der Waals surface area contributed by atoms with Crippen LogP contribution in [0.2, 0.25) is 5.02 Å². The van der Waals surface area contributed by atoms with E-state index in [2.05, 4.69) is 5.32 Å². The van der Waals surface area contributed by atoms with Crippen molar-refractivity contribution < 1.29 is 18.7 Å². The third kappa shape index (κ3) is 4.89. The molecule has 0 aliphatic carbocycles. The second-order valence-electron chi connectivity index (χ2n) is 7.45. The molecule has 0 unspecified atom stereocenters. The van der Waals surface area contributed by atoms with E-state index in [1.165, 1.54) is 0 Å². The highest BCUT2D eigenvalue weighted by Crippen LogP contribution is 2.40. The third-order valence-electron chi connectivity index (χ3n) is 5.24. The minimum atomic E-state index is -0.255. The first-order valence-electron chi connectivity index (χ1n) is 10.6. The molecule has 1 aromatic heterocycles. The average Bonchev–Trinajstić information content (AvgIpc) is 3.21. The van der Waals surface area contributed by atoms with Gasteiger partial charge >= 0.3 is 0 Å². The van der Waals surface area contributed by atoms with Crippen LogP contribution in [0.5, 0.6) is 11.5 Å². The first-order valence-corrected chi connectivity index (χ1v) is 10.9. The normalized spacial score (nSPS) is 11.5. The van der Waals surface area contributed by atoms with Crippen LogP contribution in [0.25, 0.3) is 27.7 Å². The van der Waals surface area contributed by atoms with E-state index in [0.717, 1.165) is 33.4 Å². The summed E-state index contributed by atoms with van der Waals surface area (Å²) in [5.41, 5.74) is 4.72. The van der Waals surface area contributed by atoms with Gasteiger partial charge < -0.3 is 19.2 Å². The average molecular weight is 462 g/mol. The number of anilines is 1. The van der Waals surface area contributed by atoms with Crippen LogP contribution in [0.3, 0.4) is 0 Å². The lowest BCUT2D eigenvalue weighted by molar-refractivity contribution is -0.111. The van der Waals surface area contributed by atoms with Gasteiger partial charge in [0.05, 0.1) is 20.0 Å². The zero-order valence-electron chi connectivity index (χ0n) is 18.6. The van der Waals surface area contributed by atoms with Crippen molar-refractivity contribution in [1.82, 2.24) is 0 Å². The molecule has 0 spiro atoms.